The monoisotopic (exact) mass is 314 g/mol. The number of fused-ring (bicyclic) bond motifs is 1. The third-order valence-corrected chi connectivity index (χ3v) is 4.50. The first-order valence-electron chi connectivity index (χ1n) is 6.77. The van der Waals surface area contributed by atoms with E-state index >= 15 is 0 Å². The second-order valence-electron chi connectivity index (χ2n) is 4.89. The lowest BCUT2D eigenvalue weighted by Gasteiger charge is -2.23. The van der Waals surface area contributed by atoms with Crippen molar-refractivity contribution in [3.8, 4) is 5.75 Å². The first-order chi connectivity index (χ1) is 10.6. The van der Waals surface area contributed by atoms with E-state index in [1.807, 2.05) is 24.3 Å². The number of phenolic OH excluding ortho intramolecular Hbond substituents is 1. The number of carbonyl (C=O) groups is 2. The molecule has 1 heterocycles. The second-order valence-corrected chi connectivity index (χ2v) is 6.14. The van der Waals surface area contributed by atoms with E-state index < -0.39 is 5.25 Å². The molecular weight excluding hydrogens is 300 g/mol. The van der Waals surface area contributed by atoms with Gasteiger partial charge in [-0.2, -0.15) is 0 Å². The van der Waals surface area contributed by atoms with Gasteiger partial charge in [0.15, 0.2) is 0 Å². The van der Waals surface area contributed by atoms with Crippen LogP contribution in [0.5, 0.6) is 5.75 Å². The molecule has 3 rings (SSSR count). The Bertz CT molecular complexity index is 716. The molecule has 0 unspecified atom stereocenters. The van der Waals surface area contributed by atoms with E-state index in [9.17, 15) is 14.7 Å². The van der Waals surface area contributed by atoms with Crippen LogP contribution in [0.3, 0.4) is 0 Å². The predicted molar refractivity (Wildman–Crippen MR) is 86.1 cm³/mol. The van der Waals surface area contributed by atoms with Gasteiger partial charge in [0.1, 0.15) is 5.75 Å². The quantitative estimate of drug-likeness (QED) is 0.761. The van der Waals surface area contributed by atoms with Crippen molar-refractivity contribution < 1.29 is 14.7 Å². The molecule has 0 saturated carbocycles. The summed E-state index contributed by atoms with van der Waals surface area (Å²) in [6, 6.07) is 13.7. The standard InChI is InChI=1S/C16H14N2O3S/c19-11-7-5-10(6-8-11)17-15(20)9-14-16(21)18-12-3-1-2-4-13(12)22-14/h1-8,14,19H,9H2,(H,17,20)(H,18,21)/t14-/m0/s1. The third-order valence-electron chi connectivity index (χ3n) is 3.23. The summed E-state index contributed by atoms with van der Waals surface area (Å²) < 4.78 is 0. The molecule has 2 amide bonds. The molecule has 3 N–H and O–H groups in total. The molecule has 0 aromatic heterocycles. The van der Waals surface area contributed by atoms with E-state index in [4.69, 9.17) is 0 Å². The van der Waals surface area contributed by atoms with Gasteiger partial charge in [0.25, 0.3) is 0 Å². The Kier molecular flexibility index (Phi) is 4.02. The molecule has 0 radical (unpaired) electrons. The number of aromatic hydroxyl groups is 1. The van der Waals surface area contributed by atoms with E-state index in [2.05, 4.69) is 10.6 Å². The number of anilines is 2. The van der Waals surface area contributed by atoms with Gasteiger partial charge < -0.3 is 15.7 Å². The van der Waals surface area contributed by atoms with E-state index in [1.54, 1.807) is 12.1 Å². The Morgan fingerprint density at radius 3 is 2.68 bits per heavy atom. The minimum atomic E-state index is -0.452. The summed E-state index contributed by atoms with van der Waals surface area (Å²) in [5, 5.41) is 14.3. The van der Waals surface area contributed by atoms with Crippen LogP contribution in [0.1, 0.15) is 6.42 Å². The number of hydrogen-bond donors (Lipinski definition) is 3. The molecule has 0 spiro atoms. The zero-order valence-electron chi connectivity index (χ0n) is 11.6. The van der Waals surface area contributed by atoms with Gasteiger partial charge >= 0.3 is 0 Å². The Labute approximate surface area is 131 Å². The molecule has 0 fully saturated rings. The molecule has 0 saturated heterocycles. The van der Waals surface area contributed by atoms with Crippen molar-refractivity contribution in [1.29, 1.82) is 0 Å². The largest absolute Gasteiger partial charge is 0.508 e. The van der Waals surface area contributed by atoms with Crippen molar-refractivity contribution in [1.82, 2.24) is 0 Å². The molecule has 2 aromatic rings. The molecule has 22 heavy (non-hydrogen) atoms. The highest BCUT2D eigenvalue weighted by atomic mass is 32.2. The average molecular weight is 314 g/mol. The average Bonchev–Trinajstić information content (AvgIpc) is 2.50. The van der Waals surface area contributed by atoms with Gasteiger partial charge in [-0.05, 0) is 36.4 Å². The van der Waals surface area contributed by atoms with Crippen LogP contribution in [0.15, 0.2) is 53.4 Å². The maximum atomic E-state index is 12.1. The van der Waals surface area contributed by atoms with Crippen molar-refractivity contribution in [2.75, 3.05) is 10.6 Å². The molecule has 112 valence electrons. The van der Waals surface area contributed by atoms with Crippen molar-refractivity contribution >= 4 is 35.0 Å². The van der Waals surface area contributed by atoms with Crippen LogP contribution < -0.4 is 10.6 Å². The minimum Gasteiger partial charge on any atom is -0.508 e. The summed E-state index contributed by atoms with van der Waals surface area (Å²) in [5.41, 5.74) is 1.37. The van der Waals surface area contributed by atoms with Gasteiger partial charge in [-0.15, -0.1) is 11.8 Å². The highest BCUT2D eigenvalue weighted by molar-refractivity contribution is 8.01. The summed E-state index contributed by atoms with van der Waals surface area (Å²) in [6.45, 7) is 0. The van der Waals surface area contributed by atoms with Gasteiger partial charge in [0.05, 0.1) is 10.9 Å². The number of hydrogen-bond acceptors (Lipinski definition) is 4. The topological polar surface area (TPSA) is 78.4 Å². The molecule has 2 aromatic carbocycles. The summed E-state index contributed by atoms with van der Waals surface area (Å²) in [5.74, 6) is -0.265. The zero-order chi connectivity index (χ0) is 15.5. The molecule has 1 atom stereocenters. The van der Waals surface area contributed by atoms with Crippen molar-refractivity contribution in [3.63, 3.8) is 0 Å². The van der Waals surface area contributed by atoms with Crippen molar-refractivity contribution in [2.24, 2.45) is 0 Å². The fourth-order valence-electron chi connectivity index (χ4n) is 2.15. The first kappa shape index (κ1) is 14.5. The Balaban J connectivity index is 1.64. The lowest BCUT2D eigenvalue weighted by atomic mass is 10.2. The summed E-state index contributed by atoms with van der Waals surface area (Å²) in [4.78, 5) is 25.1. The summed E-state index contributed by atoms with van der Waals surface area (Å²) >= 11 is 1.39. The number of phenols is 1. The number of amides is 2. The van der Waals surface area contributed by atoms with Crippen molar-refractivity contribution in [2.45, 2.75) is 16.6 Å². The maximum Gasteiger partial charge on any atom is 0.238 e. The maximum absolute atomic E-state index is 12.1. The highest BCUT2D eigenvalue weighted by Crippen LogP contribution is 2.36. The van der Waals surface area contributed by atoms with Gasteiger partial charge in [-0.3, -0.25) is 9.59 Å². The lowest BCUT2D eigenvalue weighted by Crippen LogP contribution is -2.32. The molecule has 1 aliphatic heterocycles. The SMILES string of the molecule is O=C(C[C@@H]1Sc2ccccc2NC1=O)Nc1ccc(O)cc1. The van der Waals surface area contributed by atoms with E-state index in [0.29, 0.717) is 5.69 Å². The zero-order valence-corrected chi connectivity index (χ0v) is 12.4. The summed E-state index contributed by atoms with van der Waals surface area (Å²) in [6.07, 6.45) is 0.0890. The second kappa shape index (κ2) is 6.11. The fourth-order valence-corrected chi connectivity index (χ4v) is 3.26. The number of rotatable bonds is 3. The van der Waals surface area contributed by atoms with E-state index in [0.717, 1.165) is 10.6 Å². The smallest absolute Gasteiger partial charge is 0.238 e. The van der Waals surface area contributed by atoms with Crippen LogP contribution in [0.2, 0.25) is 0 Å². The number of benzene rings is 2. The van der Waals surface area contributed by atoms with Crippen LogP contribution in [0, 0.1) is 0 Å². The molecule has 6 heteroatoms. The Morgan fingerprint density at radius 1 is 1.18 bits per heavy atom. The number of carbonyl (C=O) groups excluding carboxylic acids is 2. The Morgan fingerprint density at radius 2 is 1.91 bits per heavy atom. The normalized spacial score (nSPS) is 16.5. The summed E-state index contributed by atoms with van der Waals surface area (Å²) in [7, 11) is 0. The van der Waals surface area contributed by atoms with Crippen LogP contribution in [-0.2, 0) is 9.59 Å². The van der Waals surface area contributed by atoms with Crippen LogP contribution >= 0.6 is 11.8 Å². The predicted octanol–water partition coefficient (Wildman–Crippen LogP) is 2.83. The number of nitrogens with one attached hydrogen (secondary N) is 2. The molecule has 0 aliphatic carbocycles. The molecular formula is C16H14N2O3S. The lowest BCUT2D eigenvalue weighted by molar-refractivity contribution is -0.120. The van der Waals surface area contributed by atoms with Gasteiger partial charge in [-0.25, -0.2) is 0 Å². The van der Waals surface area contributed by atoms with Crippen LogP contribution in [0.25, 0.3) is 0 Å². The van der Waals surface area contributed by atoms with Gasteiger partial charge in [0.2, 0.25) is 11.8 Å². The van der Waals surface area contributed by atoms with Crippen molar-refractivity contribution in [3.05, 3.63) is 48.5 Å². The molecule has 1 aliphatic rings. The fraction of sp³-hybridized carbons (Fsp3) is 0.125. The number of thioether (sulfide) groups is 1. The molecule has 5 nitrogen and oxygen atoms in total. The Hall–Kier alpha value is -2.47. The van der Waals surface area contributed by atoms with Gasteiger partial charge in [0, 0.05) is 17.0 Å². The van der Waals surface area contributed by atoms with Gasteiger partial charge in [-0.1, -0.05) is 12.1 Å². The molecule has 0 bridgehead atoms. The third kappa shape index (κ3) is 3.23. The highest BCUT2D eigenvalue weighted by Gasteiger charge is 2.28. The minimum absolute atomic E-state index is 0.0890. The van der Waals surface area contributed by atoms with E-state index in [-0.39, 0.29) is 24.0 Å². The van der Waals surface area contributed by atoms with Crippen LogP contribution in [0.4, 0.5) is 11.4 Å². The first-order valence-corrected chi connectivity index (χ1v) is 7.65. The van der Waals surface area contributed by atoms with E-state index in [1.165, 1.54) is 23.9 Å². The van der Waals surface area contributed by atoms with Crippen LogP contribution in [-0.4, -0.2) is 22.2 Å². The number of para-hydroxylation sites is 1.